The standard InChI is InChI=1S/C20H24N2O3/c1-20(2)14-25-13-12-22(20)16-10-8-15(9-11-16)21-19(23)17-6-4-5-7-18(17)24-3/h4-11H,12-14H2,1-3H3,(H,21,23). The van der Waals surface area contributed by atoms with Crippen molar-refractivity contribution in [3.05, 3.63) is 54.1 Å². The summed E-state index contributed by atoms with van der Waals surface area (Å²) in [6.45, 7) is 6.64. The van der Waals surface area contributed by atoms with Crippen LogP contribution in [0.25, 0.3) is 0 Å². The lowest BCUT2D eigenvalue weighted by Crippen LogP contribution is -2.53. The van der Waals surface area contributed by atoms with Crippen LogP contribution in [0, 0.1) is 0 Å². The van der Waals surface area contributed by atoms with Gasteiger partial charge in [-0.3, -0.25) is 4.79 Å². The molecular formula is C20H24N2O3. The number of hydrogen-bond acceptors (Lipinski definition) is 4. The van der Waals surface area contributed by atoms with Crippen LogP contribution in [0.1, 0.15) is 24.2 Å². The summed E-state index contributed by atoms with van der Waals surface area (Å²) in [6.07, 6.45) is 0. The highest BCUT2D eigenvalue weighted by Crippen LogP contribution is 2.28. The van der Waals surface area contributed by atoms with Crippen molar-refractivity contribution in [1.29, 1.82) is 0 Å². The number of methoxy groups -OCH3 is 1. The summed E-state index contributed by atoms with van der Waals surface area (Å²) in [5.74, 6) is 0.378. The quantitative estimate of drug-likeness (QED) is 0.924. The molecule has 1 aliphatic heterocycles. The summed E-state index contributed by atoms with van der Waals surface area (Å²) in [7, 11) is 1.56. The fourth-order valence-electron chi connectivity index (χ4n) is 3.09. The van der Waals surface area contributed by atoms with Gasteiger partial charge >= 0.3 is 0 Å². The van der Waals surface area contributed by atoms with Gasteiger partial charge < -0.3 is 19.7 Å². The molecule has 0 radical (unpaired) electrons. The van der Waals surface area contributed by atoms with Crippen molar-refractivity contribution in [2.45, 2.75) is 19.4 Å². The summed E-state index contributed by atoms with van der Waals surface area (Å²) in [6, 6.07) is 15.1. The molecule has 3 rings (SSSR count). The third-order valence-corrected chi connectivity index (χ3v) is 4.43. The van der Waals surface area contributed by atoms with E-state index in [1.165, 1.54) is 0 Å². The van der Waals surface area contributed by atoms with E-state index in [4.69, 9.17) is 9.47 Å². The average Bonchev–Trinajstić information content (AvgIpc) is 2.62. The molecule has 25 heavy (non-hydrogen) atoms. The molecule has 0 aliphatic carbocycles. The van der Waals surface area contributed by atoms with Crippen LogP contribution in [0.2, 0.25) is 0 Å². The normalized spacial score (nSPS) is 16.4. The van der Waals surface area contributed by atoms with Gasteiger partial charge in [0.05, 0.1) is 31.4 Å². The van der Waals surface area contributed by atoms with Crippen LogP contribution in [0.15, 0.2) is 48.5 Å². The van der Waals surface area contributed by atoms with Crippen LogP contribution in [0.5, 0.6) is 5.75 Å². The van der Waals surface area contributed by atoms with Gasteiger partial charge in [0.25, 0.3) is 5.91 Å². The van der Waals surface area contributed by atoms with Gasteiger partial charge in [0.1, 0.15) is 5.75 Å². The highest BCUT2D eigenvalue weighted by Gasteiger charge is 2.30. The molecule has 132 valence electrons. The fourth-order valence-corrected chi connectivity index (χ4v) is 3.09. The molecule has 1 N–H and O–H groups in total. The Kier molecular flexibility index (Phi) is 4.95. The fraction of sp³-hybridized carbons (Fsp3) is 0.350. The van der Waals surface area contributed by atoms with E-state index in [1.54, 1.807) is 19.2 Å². The van der Waals surface area contributed by atoms with E-state index in [-0.39, 0.29) is 11.4 Å². The lowest BCUT2D eigenvalue weighted by atomic mass is 10.0. The Morgan fingerprint density at radius 2 is 1.88 bits per heavy atom. The Labute approximate surface area is 148 Å². The number of amides is 1. The topological polar surface area (TPSA) is 50.8 Å². The van der Waals surface area contributed by atoms with Crippen molar-refractivity contribution in [3.8, 4) is 5.75 Å². The molecule has 1 amide bonds. The van der Waals surface area contributed by atoms with Crippen molar-refractivity contribution in [2.24, 2.45) is 0 Å². The second-order valence-corrected chi connectivity index (χ2v) is 6.72. The third kappa shape index (κ3) is 3.77. The lowest BCUT2D eigenvalue weighted by molar-refractivity contribution is 0.0644. The van der Waals surface area contributed by atoms with E-state index in [0.29, 0.717) is 17.9 Å². The van der Waals surface area contributed by atoms with Gasteiger partial charge in [-0.1, -0.05) is 12.1 Å². The number of carbonyl (C=O) groups excluding carboxylic acids is 1. The van der Waals surface area contributed by atoms with E-state index in [0.717, 1.165) is 24.5 Å². The molecule has 0 unspecified atom stereocenters. The molecule has 0 bridgehead atoms. The number of carbonyl (C=O) groups is 1. The third-order valence-electron chi connectivity index (χ3n) is 4.43. The number of nitrogens with zero attached hydrogens (tertiary/aromatic N) is 1. The van der Waals surface area contributed by atoms with Gasteiger partial charge in [0.15, 0.2) is 0 Å². The van der Waals surface area contributed by atoms with Crippen molar-refractivity contribution < 1.29 is 14.3 Å². The van der Waals surface area contributed by atoms with Crippen LogP contribution in [-0.4, -0.2) is 38.3 Å². The van der Waals surface area contributed by atoms with E-state index in [9.17, 15) is 4.79 Å². The Balaban J connectivity index is 1.73. The molecule has 0 aromatic heterocycles. The number of rotatable bonds is 4. The van der Waals surface area contributed by atoms with Crippen molar-refractivity contribution >= 4 is 17.3 Å². The number of para-hydroxylation sites is 1. The molecule has 1 heterocycles. The highest BCUT2D eigenvalue weighted by atomic mass is 16.5. The number of benzene rings is 2. The SMILES string of the molecule is COc1ccccc1C(=O)Nc1ccc(N2CCOCC2(C)C)cc1. The molecule has 0 saturated carbocycles. The molecule has 0 atom stereocenters. The molecule has 2 aromatic carbocycles. The summed E-state index contributed by atoms with van der Waals surface area (Å²) in [5, 5.41) is 2.92. The van der Waals surface area contributed by atoms with Gasteiger partial charge in [-0.15, -0.1) is 0 Å². The van der Waals surface area contributed by atoms with Gasteiger partial charge in [0.2, 0.25) is 0 Å². The maximum atomic E-state index is 12.5. The second-order valence-electron chi connectivity index (χ2n) is 6.72. The Bertz CT molecular complexity index is 741. The van der Waals surface area contributed by atoms with Crippen LogP contribution < -0.4 is 15.0 Å². The van der Waals surface area contributed by atoms with Crippen molar-refractivity contribution in [2.75, 3.05) is 37.1 Å². The summed E-state index contributed by atoms with van der Waals surface area (Å²) < 4.78 is 10.8. The lowest BCUT2D eigenvalue weighted by Gasteiger charge is -2.43. The Hall–Kier alpha value is -2.53. The van der Waals surface area contributed by atoms with Crippen LogP contribution in [0.4, 0.5) is 11.4 Å². The van der Waals surface area contributed by atoms with Crippen LogP contribution in [0.3, 0.4) is 0 Å². The highest BCUT2D eigenvalue weighted by molar-refractivity contribution is 6.06. The maximum Gasteiger partial charge on any atom is 0.259 e. The molecule has 5 heteroatoms. The number of morpholine rings is 1. The minimum Gasteiger partial charge on any atom is -0.496 e. The summed E-state index contributed by atoms with van der Waals surface area (Å²) in [4.78, 5) is 14.8. The number of hydrogen-bond donors (Lipinski definition) is 1. The number of ether oxygens (including phenoxy) is 2. The first kappa shape index (κ1) is 17.3. The molecular weight excluding hydrogens is 316 g/mol. The molecule has 5 nitrogen and oxygen atoms in total. The van der Waals surface area contributed by atoms with E-state index in [2.05, 4.69) is 24.1 Å². The van der Waals surface area contributed by atoms with Crippen LogP contribution >= 0.6 is 0 Å². The Morgan fingerprint density at radius 1 is 1.16 bits per heavy atom. The van der Waals surface area contributed by atoms with E-state index in [1.807, 2.05) is 36.4 Å². The van der Waals surface area contributed by atoms with Crippen LogP contribution in [-0.2, 0) is 4.74 Å². The first-order valence-electron chi connectivity index (χ1n) is 8.41. The predicted molar refractivity (Wildman–Crippen MR) is 99.6 cm³/mol. The molecule has 1 fully saturated rings. The first-order chi connectivity index (χ1) is 12.0. The zero-order valence-corrected chi connectivity index (χ0v) is 14.9. The number of nitrogens with one attached hydrogen (secondary N) is 1. The minimum absolute atomic E-state index is 0.0413. The summed E-state index contributed by atoms with van der Waals surface area (Å²) >= 11 is 0. The Morgan fingerprint density at radius 3 is 2.56 bits per heavy atom. The van der Waals surface area contributed by atoms with Gasteiger partial charge in [-0.05, 0) is 50.2 Å². The molecule has 1 aliphatic rings. The van der Waals surface area contributed by atoms with Crippen molar-refractivity contribution in [3.63, 3.8) is 0 Å². The van der Waals surface area contributed by atoms with E-state index < -0.39 is 0 Å². The smallest absolute Gasteiger partial charge is 0.259 e. The van der Waals surface area contributed by atoms with Crippen molar-refractivity contribution in [1.82, 2.24) is 0 Å². The zero-order valence-electron chi connectivity index (χ0n) is 14.9. The predicted octanol–water partition coefficient (Wildman–Crippen LogP) is 3.56. The average molecular weight is 340 g/mol. The largest absolute Gasteiger partial charge is 0.496 e. The van der Waals surface area contributed by atoms with Gasteiger partial charge in [-0.2, -0.15) is 0 Å². The molecule has 0 spiro atoms. The molecule has 2 aromatic rings. The molecule has 1 saturated heterocycles. The number of anilines is 2. The second kappa shape index (κ2) is 7.15. The maximum absolute atomic E-state index is 12.5. The first-order valence-corrected chi connectivity index (χ1v) is 8.41. The zero-order chi connectivity index (χ0) is 17.9. The van der Waals surface area contributed by atoms with Gasteiger partial charge in [0, 0.05) is 17.9 Å². The summed E-state index contributed by atoms with van der Waals surface area (Å²) in [5.41, 5.74) is 2.36. The van der Waals surface area contributed by atoms with E-state index >= 15 is 0 Å². The van der Waals surface area contributed by atoms with Gasteiger partial charge in [-0.25, -0.2) is 0 Å². The monoisotopic (exact) mass is 340 g/mol. The minimum atomic E-state index is -0.183.